The van der Waals surface area contributed by atoms with Crippen LogP contribution in [-0.2, 0) is 17.8 Å². The van der Waals surface area contributed by atoms with Crippen LogP contribution in [0.1, 0.15) is 31.4 Å². The summed E-state index contributed by atoms with van der Waals surface area (Å²) in [5.41, 5.74) is 8.09. The van der Waals surface area contributed by atoms with E-state index in [9.17, 15) is 9.90 Å². The highest BCUT2D eigenvalue weighted by molar-refractivity contribution is 5.67. The molecule has 4 N–H and O–H groups in total. The average molecular weight is 370 g/mol. The van der Waals surface area contributed by atoms with Crippen molar-refractivity contribution in [3.8, 4) is 0 Å². The van der Waals surface area contributed by atoms with Gasteiger partial charge in [0.2, 0.25) is 0 Å². The second-order valence-electron chi connectivity index (χ2n) is 7.29. The lowest BCUT2D eigenvalue weighted by molar-refractivity contribution is 0.0805. The van der Waals surface area contributed by atoms with Crippen LogP contribution in [0.4, 0.5) is 4.79 Å². The van der Waals surface area contributed by atoms with E-state index in [0.29, 0.717) is 18.8 Å². The Bertz CT molecular complexity index is 676. The number of ether oxygens (including phenoxy) is 1. The van der Waals surface area contributed by atoms with Crippen LogP contribution in [0.5, 0.6) is 0 Å². The first kappa shape index (κ1) is 20.9. The lowest BCUT2D eigenvalue weighted by Gasteiger charge is -2.29. The number of aliphatic hydroxyl groups is 1. The standard InChI is InChI=1S/C22H30N2O3/c1-16(2)13-19(23)21(25)20(14-17-9-5-3-6-10-17)24-22(26)27-15-18-11-7-4-8-12-18/h3-12,16,19-21,25H,13-15,23H2,1-2H3,(H,24,26)/t19?,20-,21+/m0/s1. The van der Waals surface area contributed by atoms with E-state index in [0.717, 1.165) is 11.1 Å². The predicted octanol–water partition coefficient (Wildman–Crippen LogP) is 3.26. The average Bonchev–Trinajstić information content (AvgIpc) is 2.66. The van der Waals surface area contributed by atoms with Crippen LogP contribution in [0.3, 0.4) is 0 Å². The van der Waals surface area contributed by atoms with Gasteiger partial charge in [-0.05, 0) is 29.9 Å². The second kappa shape index (κ2) is 10.7. The quantitative estimate of drug-likeness (QED) is 0.632. The summed E-state index contributed by atoms with van der Waals surface area (Å²) in [6.07, 6.45) is -0.269. The summed E-state index contributed by atoms with van der Waals surface area (Å²) < 4.78 is 5.31. The van der Waals surface area contributed by atoms with Gasteiger partial charge in [-0.25, -0.2) is 4.79 Å². The van der Waals surface area contributed by atoms with Crippen molar-refractivity contribution in [3.63, 3.8) is 0 Å². The monoisotopic (exact) mass is 370 g/mol. The first-order chi connectivity index (χ1) is 13.0. The molecule has 0 heterocycles. The molecule has 0 aromatic heterocycles. The minimum atomic E-state index is -0.864. The molecule has 1 amide bonds. The summed E-state index contributed by atoms with van der Waals surface area (Å²) in [7, 11) is 0. The number of hydrogen-bond acceptors (Lipinski definition) is 4. The molecule has 0 saturated heterocycles. The van der Waals surface area contributed by atoms with Crippen molar-refractivity contribution in [3.05, 3.63) is 71.8 Å². The highest BCUT2D eigenvalue weighted by atomic mass is 16.5. The van der Waals surface area contributed by atoms with Crippen molar-refractivity contribution in [2.45, 2.75) is 51.5 Å². The van der Waals surface area contributed by atoms with Crippen LogP contribution >= 0.6 is 0 Å². The molecule has 0 aliphatic rings. The number of amides is 1. The highest BCUT2D eigenvalue weighted by Gasteiger charge is 2.28. The number of aliphatic hydroxyl groups excluding tert-OH is 1. The van der Waals surface area contributed by atoms with Gasteiger partial charge >= 0.3 is 6.09 Å². The van der Waals surface area contributed by atoms with Crippen LogP contribution in [0, 0.1) is 5.92 Å². The van der Waals surface area contributed by atoms with Crippen molar-refractivity contribution in [1.82, 2.24) is 5.32 Å². The molecule has 0 fully saturated rings. The Balaban J connectivity index is 2.00. The molecule has 2 rings (SSSR count). The predicted molar refractivity (Wildman–Crippen MR) is 107 cm³/mol. The third kappa shape index (κ3) is 7.41. The van der Waals surface area contributed by atoms with Crippen LogP contribution < -0.4 is 11.1 Å². The van der Waals surface area contributed by atoms with E-state index in [1.54, 1.807) is 0 Å². The smallest absolute Gasteiger partial charge is 0.407 e. The van der Waals surface area contributed by atoms with Gasteiger partial charge in [0, 0.05) is 6.04 Å². The maximum Gasteiger partial charge on any atom is 0.407 e. The molecular formula is C22H30N2O3. The van der Waals surface area contributed by atoms with Crippen molar-refractivity contribution in [2.24, 2.45) is 11.7 Å². The maximum absolute atomic E-state index is 12.3. The summed E-state index contributed by atoms with van der Waals surface area (Å²) in [4.78, 5) is 12.3. The zero-order valence-electron chi connectivity index (χ0n) is 16.0. The molecule has 0 aliphatic heterocycles. The molecule has 0 bridgehead atoms. The minimum Gasteiger partial charge on any atom is -0.445 e. The fourth-order valence-electron chi connectivity index (χ4n) is 3.02. The third-order valence-corrected chi connectivity index (χ3v) is 4.41. The van der Waals surface area contributed by atoms with Gasteiger partial charge in [-0.1, -0.05) is 74.5 Å². The number of benzene rings is 2. The number of nitrogens with one attached hydrogen (secondary N) is 1. The Labute approximate surface area is 161 Å². The first-order valence-electron chi connectivity index (χ1n) is 9.40. The van der Waals surface area contributed by atoms with E-state index in [-0.39, 0.29) is 6.61 Å². The van der Waals surface area contributed by atoms with Gasteiger partial charge in [-0.15, -0.1) is 0 Å². The van der Waals surface area contributed by atoms with Crippen LogP contribution in [0.15, 0.2) is 60.7 Å². The molecule has 2 aromatic rings. The molecule has 146 valence electrons. The number of hydrogen-bond donors (Lipinski definition) is 3. The van der Waals surface area contributed by atoms with E-state index in [1.807, 2.05) is 60.7 Å². The zero-order valence-corrected chi connectivity index (χ0v) is 16.0. The molecule has 0 spiro atoms. The van der Waals surface area contributed by atoms with Gasteiger partial charge in [-0.3, -0.25) is 0 Å². The van der Waals surface area contributed by atoms with Crippen molar-refractivity contribution in [1.29, 1.82) is 0 Å². The minimum absolute atomic E-state index is 0.179. The van der Waals surface area contributed by atoms with E-state index in [2.05, 4.69) is 19.2 Å². The SMILES string of the molecule is CC(C)CC(N)[C@@H](O)[C@H](Cc1ccccc1)NC(=O)OCc1ccccc1. The summed E-state index contributed by atoms with van der Waals surface area (Å²) in [5, 5.41) is 13.5. The van der Waals surface area contributed by atoms with Gasteiger partial charge in [0.05, 0.1) is 12.1 Å². The lowest BCUT2D eigenvalue weighted by atomic mass is 9.92. The number of carbonyl (C=O) groups is 1. The summed E-state index contributed by atoms with van der Waals surface area (Å²) >= 11 is 0. The molecule has 1 unspecified atom stereocenters. The summed E-state index contributed by atoms with van der Waals surface area (Å²) in [5.74, 6) is 0.358. The number of carbonyl (C=O) groups excluding carboxylic acids is 1. The normalized spacial score (nSPS) is 14.4. The van der Waals surface area contributed by atoms with Gasteiger partial charge < -0.3 is 20.9 Å². The van der Waals surface area contributed by atoms with Crippen molar-refractivity contribution >= 4 is 6.09 Å². The second-order valence-corrected chi connectivity index (χ2v) is 7.29. The molecule has 5 nitrogen and oxygen atoms in total. The molecule has 5 heteroatoms. The molecule has 3 atom stereocenters. The molecule has 0 aliphatic carbocycles. The molecular weight excluding hydrogens is 340 g/mol. The summed E-state index contributed by atoms with van der Waals surface area (Å²) in [6.45, 7) is 4.29. The Morgan fingerprint density at radius 3 is 2.15 bits per heavy atom. The summed E-state index contributed by atoms with van der Waals surface area (Å²) in [6, 6.07) is 18.2. The van der Waals surface area contributed by atoms with Crippen molar-refractivity contribution in [2.75, 3.05) is 0 Å². The van der Waals surface area contributed by atoms with Gasteiger partial charge in [-0.2, -0.15) is 0 Å². The Kier molecular flexibility index (Phi) is 8.30. The van der Waals surface area contributed by atoms with Gasteiger partial charge in [0.1, 0.15) is 6.61 Å². The zero-order chi connectivity index (χ0) is 19.6. The Morgan fingerprint density at radius 2 is 1.59 bits per heavy atom. The topological polar surface area (TPSA) is 84.6 Å². The van der Waals surface area contributed by atoms with Crippen LogP contribution in [-0.4, -0.2) is 29.4 Å². The molecule has 0 radical (unpaired) electrons. The molecule has 27 heavy (non-hydrogen) atoms. The van der Waals surface area contributed by atoms with Gasteiger partial charge in [0.15, 0.2) is 0 Å². The fourth-order valence-corrected chi connectivity index (χ4v) is 3.02. The van der Waals surface area contributed by atoms with E-state index in [4.69, 9.17) is 10.5 Å². The van der Waals surface area contributed by atoms with E-state index >= 15 is 0 Å². The van der Waals surface area contributed by atoms with E-state index in [1.165, 1.54) is 0 Å². The fraction of sp³-hybridized carbons (Fsp3) is 0.409. The van der Waals surface area contributed by atoms with E-state index < -0.39 is 24.3 Å². The number of rotatable bonds is 9. The molecule has 2 aromatic carbocycles. The molecule has 0 saturated carbocycles. The highest BCUT2D eigenvalue weighted by Crippen LogP contribution is 2.13. The van der Waals surface area contributed by atoms with Crippen LogP contribution in [0.2, 0.25) is 0 Å². The maximum atomic E-state index is 12.3. The first-order valence-corrected chi connectivity index (χ1v) is 9.40. The number of alkyl carbamates (subject to hydrolysis) is 1. The third-order valence-electron chi connectivity index (χ3n) is 4.41. The Hall–Kier alpha value is -2.37. The Morgan fingerprint density at radius 1 is 1.04 bits per heavy atom. The largest absolute Gasteiger partial charge is 0.445 e. The van der Waals surface area contributed by atoms with Crippen LogP contribution in [0.25, 0.3) is 0 Å². The number of nitrogens with two attached hydrogens (primary N) is 1. The van der Waals surface area contributed by atoms with Crippen molar-refractivity contribution < 1.29 is 14.6 Å². The lowest BCUT2D eigenvalue weighted by Crippen LogP contribution is -2.52. The van der Waals surface area contributed by atoms with Gasteiger partial charge in [0.25, 0.3) is 0 Å².